The highest BCUT2D eigenvalue weighted by Gasteiger charge is 2.26. The number of amides is 1. The highest BCUT2D eigenvalue weighted by atomic mass is 79.9. The zero-order valence-electron chi connectivity index (χ0n) is 20.6. The van der Waals surface area contributed by atoms with Gasteiger partial charge in [0.05, 0.1) is 21.3 Å². The molecule has 0 spiro atoms. The Morgan fingerprint density at radius 3 is 2.71 bits per heavy atom. The first-order chi connectivity index (χ1) is 17.1. The molecule has 0 unspecified atom stereocenters. The van der Waals surface area contributed by atoms with Crippen LogP contribution in [0.15, 0.2) is 46.9 Å². The summed E-state index contributed by atoms with van der Waals surface area (Å²) < 4.78 is 7.75. The molecule has 0 radical (unpaired) electrons. The number of rotatable bonds is 11. The largest absolute Gasteiger partial charge is 0.493 e. The molecule has 8 heteroatoms. The molecule has 1 aliphatic heterocycles. The quantitative estimate of drug-likeness (QED) is 0.306. The molecule has 188 valence electrons. The first-order valence-corrected chi connectivity index (χ1v) is 14.2. The van der Waals surface area contributed by atoms with E-state index in [-0.39, 0.29) is 11.8 Å². The summed E-state index contributed by atoms with van der Waals surface area (Å²) in [5.41, 5.74) is 2.31. The standard InChI is InChI=1S/C27H35BrN4O2S/c1-3-31(19-20-9-6-5-7-10-20)14-8-13-29-26(33)21-11-15-32(16-12-21)27-30-23-17-22(28)24(34-4-2)18-25(23)35-27/h5-7,9-10,17-18,21H,3-4,8,11-16,19H2,1-2H3,(H,29,33). The van der Waals surface area contributed by atoms with Crippen LogP contribution in [0.2, 0.25) is 0 Å². The molecule has 3 aromatic rings. The lowest BCUT2D eigenvalue weighted by Crippen LogP contribution is -2.41. The molecule has 1 N–H and O–H groups in total. The highest BCUT2D eigenvalue weighted by Crippen LogP contribution is 2.37. The first-order valence-electron chi connectivity index (χ1n) is 12.6. The number of benzene rings is 2. The van der Waals surface area contributed by atoms with Gasteiger partial charge in [-0.3, -0.25) is 9.69 Å². The summed E-state index contributed by atoms with van der Waals surface area (Å²) in [7, 11) is 0. The molecule has 1 aliphatic rings. The predicted octanol–water partition coefficient (Wildman–Crippen LogP) is 5.70. The maximum absolute atomic E-state index is 12.7. The second kappa shape index (κ2) is 12.7. The fraction of sp³-hybridized carbons (Fsp3) is 0.481. The molecule has 0 aliphatic carbocycles. The minimum absolute atomic E-state index is 0.0888. The molecule has 1 saturated heterocycles. The monoisotopic (exact) mass is 558 g/mol. The van der Waals surface area contributed by atoms with Gasteiger partial charge in [-0.2, -0.15) is 0 Å². The summed E-state index contributed by atoms with van der Waals surface area (Å²) in [5, 5.41) is 4.21. The summed E-state index contributed by atoms with van der Waals surface area (Å²) in [5.74, 6) is 1.14. The number of ether oxygens (including phenoxy) is 1. The van der Waals surface area contributed by atoms with Gasteiger partial charge in [0.2, 0.25) is 5.91 Å². The Morgan fingerprint density at radius 2 is 2.00 bits per heavy atom. The number of nitrogens with zero attached hydrogens (tertiary/aromatic N) is 3. The van der Waals surface area contributed by atoms with E-state index in [1.165, 1.54) is 5.56 Å². The van der Waals surface area contributed by atoms with Crippen LogP contribution < -0.4 is 15.0 Å². The van der Waals surface area contributed by atoms with Crippen LogP contribution in [0.1, 0.15) is 38.7 Å². The van der Waals surface area contributed by atoms with Crippen LogP contribution in [0.5, 0.6) is 5.75 Å². The zero-order valence-corrected chi connectivity index (χ0v) is 23.0. The van der Waals surface area contributed by atoms with Crippen LogP contribution in [0, 0.1) is 5.92 Å². The lowest BCUT2D eigenvalue weighted by molar-refractivity contribution is -0.125. The van der Waals surface area contributed by atoms with Crippen molar-refractivity contribution in [3.05, 3.63) is 52.5 Å². The van der Waals surface area contributed by atoms with Gasteiger partial charge >= 0.3 is 0 Å². The average Bonchev–Trinajstić information content (AvgIpc) is 3.29. The van der Waals surface area contributed by atoms with E-state index < -0.39 is 0 Å². The molecule has 0 saturated carbocycles. The zero-order chi connectivity index (χ0) is 24.6. The van der Waals surface area contributed by atoms with Gasteiger partial charge in [-0.25, -0.2) is 4.98 Å². The molecule has 0 atom stereocenters. The van der Waals surface area contributed by atoms with E-state index in [4.69, 9.17) is 9.72 Å². The number of fused-ring (bicyclic) bond motifs is 1. The smallest absolute Gasteiger partial charge is 0.223 e. The number of piperidine rings is 1. The van der Waals surface area contributed by atoms with Gasteiger partial charge in [0.15, 0.2) is 5.13 Å². The fourth-order valence-electron chi connectivity index (χ4n) is 4.50. The van der Waals surface area contributed by atoms with Crippen molar-refractivity contribution in [2.45, 2.75) is 39.7 Å². The van der Waals surface area contributed by atoms with Crippen molar-refractivity contribution in [3.8, 4) is 5.75 Å². The number of carbonyl (C=O) groups is 1. The van der Waals surface area contributed by atoms with Gasteiger partial charge in [-0.1, -0.05) is 48.6 Å². The van der Waals surface area contributed by atoms with Gasteiger partial charge in [0.25, 0.3) is 0 Å². The highest BCUT2D eigenvalue weighted by molar-refractivity contribution is 9.10. The topological polar surface area (TPSA) is 57.7 Å². The summed E-state index contributed by atoms with van der Waals surface area (Å²) in [6, 6.07) is 14.6. The van der Waals surface area contributed by atoms with Crippen molar-refractivity contribution in [2.75, 3.05) is 44.2 Å². The Balaban J connectivity index is 1.21. The van der Waals surface area contributed by atoms with E-state index >= 15 is 0 Å². The van der Waals surface area contributed by atoms with Crippen molar-refractivity contribution < 1.29 is 9.53 Å². The number of hydrogen-bond donors (Lipinski definition) is 1. The number of thiazole rings is 1. The van der Waals surface area contributed by atoms with Crippen LogP contribution >= 0.6 is 27.3 Å². The molecular formula is C27H35BrN4O2S. The van der Waals surface area contributed by atoms with Crippen molar-refractivity contribution in [2.24, 2.45) is 5.92 Å². The van der Waals surface area contributed by atoms with Crippen LogP contribution in [-0.4, -0.2) is 55.1 Å². The first kappa shape index (κ1) is 25.9. The molecule has 1 aromatic heterocycles. The van der Waals surface area contributed by atoms with Gasteiger partial charge in [-0.15, -0.1) is 0 Å². The third kappa shape index (κ3) is 6.96. The summed E-state index contributed by atoms with van der Waals surface area (Å²) >= 11 is 5.27. The molecule has 6 nitrogen and oxygen atoms in total. The Labute approximate surface area is 220 Å². The Bertz CT molecular complexity index is 1100. The maximum atomic E-state index is 12.7. The Kier molecular flexibility index (Phi) is 9.40. The lowest BCUT2D eigenvalue weighted by Gasteiger charge is -2.31. The van der Waals surface area contributed by atoms with E-state index in [2.05, 4.69) is 74.4 Å². The third-order valence-corrected chi connectivity index (χ3v) is 8.21. The molecule has 2 aromatic carbocycles. The normalized spacial score (nSPS) is 14.6. The summed E-state index contributed by atoms with van der Waals surface area (Å²) in [6.45, 7) is 10.2. The second-order valence-corrected chi connectivity index (χ2v) is 10.8. The van der Waals surface area contributed by atoms with Gasteiger partial charge < -0.3 is 15.0 Å². The van der Waals surface area contributed by atoms with E-state index in [9.17, 15) is 4.79 Å². The van der Waals surface area contributed by atoms with Gasteiger partial charge in [0.1, 0.15) is 5.75 Å². The second-order valence-electron chi connectivity index (χ2n) is 8.94. The van der Waals surface area contributed by atoms with Crippen molar-refractivity contribution >= 4 is 48.5 Å². The number of carbonyl (C=O) groups excluding carboxylic acids is 1. The Morgan fingerprint density at radius 1 is 1.23 bits per heavy atom. The van der Waals surface area contributed by atoms with Crippen LogP contribution in [0.4, 0.5) is 5.13 Å². The van der Waals surface area contributed by atoms with E-state index in [0.717, 1.165) is 84.1 Å². The SMILES string of the molecule is CCOc1cc2sc(N3CCC(C(=O)NCCCN(CC)Cc4ccccc4)CC3)nc2cc1Br. The van der Waals surface area contributed by atoms with E-state index in [1.54, 1.807) is 11.3 Å². The predicted molar refractivity (Wildman–Crippen MR) is 148 cm³/mol. The number of halogens is 1. The summed E-state index contributed by atoms with van der Waals surface area (Å²) in [6.07, 6.45) is 2.70. The van der Waals surface area contributed by atoms with E-state index in [1.807, 2.05) is 13.0 Å². The van der Waals surface area contributed by atoms with Crippen LogP contribution in [0.3, 0.4) is 0 Å². The third-order valence-electron chi connectivity index (χ3n) is 6.51. The minimum atomic E-state index is 0.0888. The lowest BCUT2D eigenvalue weighted by atomic mass is 9.96. The van der Waals surface area contributed by atoms with Crippen molar-refractivity contribution in [1.82, 2.24) is 15.2 Å². The summed E-state index contributed by atoms with van der Waals surface area (Å²) in [4.78, 5) is 22.3. The van der Waals surface area contributed by atoms with Crippen molar-refractivity contribution in [1.29, 1.82) is 0 Å². The molecule has 1 fully saturated rings. The Hall–Kier alpha value is -2.16. The van der Waals surface area contributed by atoms with Gasteiger partial charge in [-0.05, 0) is 60.3 Å². The minimum Gasteiger partial charge on any atom is -0.493 e. The number of nitrogens with one attached hydrogen (secondary N) is 1. The molecule has 1 amide bonds. The average molecular weight is 560 g/mol. The number of anilines is 1. The van der Waals surface area contributed by atoms with Gasteiger partial charge in [0, 0.05) is 44.7 Å². The van der Waals surface area contributed by atoms with Crippen LogP contribution in [0.25, 0.3) is 10.2 Å². The molecule has 0 bridgehead atoms. The molecule has 4 rings (SSSR count). The number of aromatic nitrogens is 1. The van der Waals surface area contributed by atoms with Crippen molar-refractivity contribution in [3.63, 3.8) is 0 Å². The molecule has 35 heavy (non-hydrogen) atoms. The van der Waals surface area contributed by atoms with E-state index in [0.29, 0.717) is 6.61 Å². The fourth-order valence-corrected chi connectivity index (χ4v) is 5.97. The molecular weight excluding hydrogens is 524 g/mol. The maximum Gasteiger partial charge on any atom is 0.223 e. The van der Waals surface area contributed by atoms with Crippen LogP contribution in [-0.2, 0) is 11.3 Å². The number of hydrogen-bond acceptors (Lipinski definition) is 6. The molecule has 2 heterocycles.